The number of nitrogens with zero attached hydrogens (tertiary/aromatic N) is 2. The number of nitrogens with one attached hydrogen (secondary N) is 1. The fraction of sp³-hybridized carbons (Fsp3) is 0.353. The van der Waals surface area contributed by atoms with E-state index in [0.29, 0.717) is 30.4 Å². The monoisotopic (exact) mass is 397 g/mol. The molecule has 1 aromatic carbocycles. The Bertz CT molecular complexity index is 877. The summed E-state index contributed by atoms with van der Waals surface area (Å²) < 4.78 is 40.5. The number of carbonyl (C=O) groups is 1. The molecule has 0 bridgehead atoms. The van der Waals surface area contributed by atoms with Crippen LogP contribution in [0.4, 0.5) is 10.1 Å². The lowest BCUT2D eigenvalue weighted by molar-refractivity contribution is -0.117. The lowest BCUT2D eigenvalue weighted by Crippen LogP contribution is -2.50. The predicted octanol–water partition coefficient (Wildman–Crippen LogP) is 2.14. The number of hydrogen-bond donors (Lipinski definition) is 1. The van der Waals surface area contributed by atoms with Crippen LogP contribution in [0, 0.1) is 12.7 Å². The summed E-state index contributed by atoms with van der Waals surface area (Å²) in [5.41, 5.74) is 0.933. The number of aryl methyl sites for hydroxylation is 1. The molecule has 0 spiro atoms. The van der Waals surface area contributed by atoms with Crippen molar-refractivity contribution in [2.75, 3.05) is 38.0 Å². The predicted molar refractivity (Wildman–Crippen MR) is 99.3 cm³/mol. The molecule has 1 N–H and O–H groups in total. The van der Waals surface area contributed by atoms with Gasteiger partial charge in [0.2, 0.25) is 5.91 Å². The van der Waals surface area contributed by atoms with Crippen molar-refractivity contribution in [1.29, 1.82) is 0 Å². The lowest BCUT2D eigenvalue weighted by atomic mass is 10.2. The normalized spacial score (nSPS) is 16.5. The number of sulfonamides is 1. The van der Waals surface area contributed by atoms with Crippen LogP contribution in [0.3, 0.4) is 0 Å². The van der Waals surface area contributed by atoms with E-state index in [0.717, 1.165) is 5.56 Å². The van der Waals surface area contributed by atoms with Gasteiger partial charge in [0.05, 0.1) is 12.2 Å². The Morgan fingerprint density at radius 2 is 1.96 bits per heavy atom. The van der Waals surface area contributed by atoms with Crippen LogP contribution >= 0.6 is 11.3 Å². The highest BCUT2D eigenvalue weighted by atomic mass is 32.2. The summed E-state index contributed by atoms with van der Waals surface area (Å²) in [5.74, 6) is -0.785. The van der Waals surface area contributed by atoms with Gasteiger partial charge in [-0.1, -0.05) is 12.1 Å². The molecule has 0 aliphatic carbocycles. The van der Waals surface area contributed by atoms with E-state index in [1.54, 1.807) is 30.5 Å². The van der Waals surface area contributed by atoms with Crippen molar-refractivity contribution in [2.24, 2.45) is 0 Å². The van der Waals surface area contributed by atoms with Crippen molar-refractivity contribution in [3.05, 3.63) is 47.1 Å². The molecule has 3 rings (SSSR count). The van der Waals surface area contributed by atoms with E-state index in [9.17, 15) is 17.6 Å². The maximum absolute atomic E-state index is 13.8. The Balaban J connectivity index is 1.53. The first kappa shape index (κ1) is 19.0. The molecule has 0 unspecified atom stereocenters. The first-order chi connectivity index (χ1) is 12.4. The van der Waals surface area contributed by atoms with Crippen LogP contribution in [0.25, 0.3) is 0 Å². The largest absolute Gasteiger partial charge is 0.322 e. The van der Waals surface area contributed by atoms with E-state index in [1.165, 1.54) is 27.8 Å². The van der Waals surface area contributed by atoms with Gasteiger partial charge in [0.1, 0.15) is 10.0 Å². The summed E-state index contributed by atoms with van der Waals surface area (Å²) in [4.78, 5) is 14.0. The van der Waals surface area contributed by atoms with Gasteiger partial charge in [-0.15, -0.1) is 11.3 Å². The molecule has 1 amide bonds. The topological polar surface area (TPSA) is 69.7 Å². The Hall–Kier alpha value is -1.81. The first-order valence-corrected chi connectivity index (χ1v) is 10.5. The molecule has 0 radical (unpaired) electrons. The van der Waals surface area contributed by atoms with Gasteiger partial charge in [-0.05, 0) is 36.1 Å². The summed E-state index contributed by atoms with van der Waals surface area (Å²) in [6.45, 7) is 3.43. The molecule has 2 aromatic rings. The standard InChI is InChI=1S/C17H20FN3O3S2/c1-13-4-5-15(14(18)11-13)19-16(22)12-20-6-8-21(9-7-20)26(23,24)17-3-2-10-25-17/h2-5,10-11H,6-9,12H2,1H3,(H,19,22). The van der Waals surface area contributed by atoms with Crippen LogP contribution in [0.5, 0.6) is 0 Å². The van der Waals surface area contributed by atoms with Gasteiger partial charge in [0.15, 0.2) is 0 Å². The van der Waals surface area contributed by atoms with Crippen molar-refractivity contribution in [3.8, 4) is 0 Å². The van der Waals surface area contributed by atoms with Gasteiger partial charge in [0, 0.05) is 26.2 Å². The number of amides is 1. The number of hydrogen-bond acceptors (Lipinski definition) is 5. The van der Waals surface area contributed by atoms with Gasteiger partial charge in [-0.25, -0.2) is 12.8 Å². The Morgan fingerprint density at radius 3 is 2.58 bits per heavy atom. The lowest BCUT2D eigenvalue weighted by Gasteiger charge is -2.33. The van der Waals surface area contributed by atoms with Crippen LogP contribution in [0.2, 0.25) is 0 Å². The van der Waals surface area contributed by atoms with E-state index in [2.05, 4.69) is 5.32 Å². The van der Waals surface area contributed by atoms with Crippen LogP contribution in [-0.2, 0) is 14.8 Å². The zero-order valence-electron chi connectivity index (χ0n) is 14.3. The molecular formula is C17H20FN3O3S2. The highest BCUT2D eigenvalue weighted by Gasteiger charge is 2.29. The third-order valence-electron chi connectivity index (χ3n) is 4.19. The van der Waals surface area contributed by atoms with E-state index >= 15 is 0 Å². The fourth-order valence-corrected chi connectivity index (χ4v) is 5.35. The number of piperazine rings is 1. The van der Waals surface area contributed by atoms with Crippen molar-refractivity contribution < 1.29 is 17.6 Å². The van der Waals surface area contributed by atoms with Crippen molar-refractivity contribution in [3.63, 3.8) is 0 Å². The minimum Gasteiger partial charge on any atom is -0.322 e. The number of benzene rings is 1. The molecule has 9 heteroatoms. The molecule has 1 fully saturated rings. The highest BCUT2D eigenvalue weighted by molar-refractivity contribution is 7.91. The van der Waals surface area contributed by atoms with Gasteiger partial charge in [-0.2, -0.15) is 4.31 Å². The second kappa shape index (κ2) is 7.83. The second-order valence-corrected chi connectivity index (χ2v) is 9.26. The number of carbonyl (C=O) groups excluding carboxylic acids is 1. The molecule has 0 atom stereocenters. The molecule has 2 heterocycles. The van der Waals surface area contributed by atoms with Crippen LogP contribution in [-0.4, -0.2) is 56.3 Å². The molecular weight excluding hydrogens is 377 g/mol. The Kier molecular flexibility index (Phi) is 5.71. The average molecular weight is 397 g/mol. The summed E-state index contributed by atoms with van der Waals surface area (Å²) in [7, 11) is -3.45. The van der Waals surface area contributed by atoms with Crippen molar-refractivity contribution in [1.82, 2.24) is 9.21 Å². The zero-order valence-corrected chi connectivity index (χ0v) is 15.9. The third kappa shape index (κ3) is 4.29. The summed E-state index contributed by atoms with van der Waals surface area (Å²) in [5, 5.41) is 4.30. The quantitative estimate of drug-likeness (QED) is 0.839. The minimum absolute atomic E-state index is 0.0974. The molecule has 26 heavy (non-hydrogen) atoms. The SMILES string of the molecule is Cc1ccc(NC(=O)CN2CCN(S(=O)(=O)c3cccs3)CC2)c(F)c1. The first-order valence-electron chi connectivity index (χ1n) is 8.18. The molecule has 1 aromatic heterocycles. The molecule has 1 aliphatic heterocycles. The Labute approximate surface area is 156 Å². The zero-order chi connectivity index (χ0) is 18.7. The van der Waals surface area contributed by atoms with Crippen molar-refractivity contribution >= 4 is 33.0 Å². The number of thiophene rings is 1. The average Bonchev–Trinajstić information content (AvgIpc) is 3.13. The minimum atomic E-state index is -3.45. The molecule has 1 saturated heterocycles. The van der Waals surface area contributed by atoms with E-state index in [4.69, 9.17) is 0 Å². The van der Waals surface area contributed by atoms with Crippen molar-refractivity contribution in [2.45, 2.75) is 11.1 Å². The van der Waals surface area contributed by atoms with E-state index in [1.807, 2.05) is 4.90 Å². The Morgan fingerprint density at radius 1 is 1.23 bits per heavy atom. The van der Waals surface area contributed by atoms with Crippen LogP contribution in [0.15, 0.2) is 39.9 Å². The fourth-order valence-electron chi connectivity index (χ4n) is 2.78. The molecule has 1 aliphatic rings. The summed E-state index contributed by atoms with van der Waals surface area (Å²) >= 11 is 1.20. The number of halogens is 1. The van der Waals surface area contributed by atoms with Gasteiger partial charge in [0.25, 0.3) is 10.0 Å². The molecule has 140 valence electrons. The summed E-state index contributed by atoms with van der Waals surface area (Å²) in [6.07, 6.45) is 0. The van der Waals surface area contributed by atoms with E-state index < -0.39 is 15.8 Å². The van der Waals surface area contributed by atoms with Crippen LogP contribution < -0.4 is 5.32 Å². The van der Waals surface area contributed by atoms with Crippen LogP contribution in [0.1, 0.15) is 5.56 Å². The number of anilines is 1. The summed E-state index contributed by atoms with van der Waals surface area (Å²) in [6, 6.07) is 7.93. The van der Waals surface area contributed by atoms with Gasteiger partial charge in [-0.3, -0.25) is 9.69 Å². The third-order valence-corrected chi connectivity index (χ3v) is 7.46. The number of rotatable bonds is 5. The smallest absolute Gasteiger partial charge is 0.252 e. The highest BCUT2D eigenvalue weighted by Crippen LogP contribution is 2.22. The van der Waals surface area contributed by atoms with Gasteiger partial charge < -0.3 is 5.32 Å². The van der Waals surface area contributed by atoms with E-state index in [-0.39, 0.29) is 18.1 Å². The van der Waals surface area contributed by atoms with Gasteiger partial charge >= 0.3 is 0 Å². The maximum atomic E-state index is 13.8. The second-order valence-electron chi connectivity index (χ2n) is 6.14. The molecule has 0 saturated carbocycles. The molecule has 6 nitrogen and oxygen atoms in total. The maximum Gasteiger partial charge on any atom is 0.252 e.